The van der Waals surface area contributed by atoms with Crippen LogP contribution in [-0.4, -0.2) is 24.1 Å². The van der Waals surface area contributed by atoms with Crippen LogP contribution in [0.4, 0.5) is 10.5 Å². The van der Waals surface area contributed by atoms with Crippen LogP contribution in [0.3, 0.4) is 0 Å². The zero-order chi connectivity index (χ0) is 21.0. The van der Waals surface area contributed by atoms with Crippen LogP contribution < -0.4 is 9.64 Å². The van der Waals surface area contributed by atoms with Crippen LogP contribution in [0.5, 0.6) is 5.75 Å². The number of aryl methyl sites for hydroxylation is 1. The maximum absolute atomic E-state index is 12.9. The van der Waals surface area contributed by atoms with Gasteiger partial charge >= 0.3 is 6.09 Å². The number of amides is 2. The number of hydrogen-bond donors (Lipinski definition) is 0. The molecule has 9 heteroatoms. The molecule has 0 N–H and O–H groups in total. The predicted molar refractivity (Wildman–Crippen MR) is 113 cm³/mol. The minimum atomic E-state index is -0.775. The molecule has 0 spiro atoms. The summed E-state index contributed by atoms with van der Waals surface area (Å²) in [5, 5.41) is 0.882. The summed E-state index contributed by atoms with van der Waals surface area (Å²) >= 11 is 13.0. The van der Waals surface area contributed by atoms with E-state index in [1.54, 1.807) is 55.5 Å². The van der Waals surface area contributed by atoms with E-state index in [0.717, 1.165) is 4.90 Å². The van der Waals surface area contributed by atoms with Crippen LogP contribution >= 0.6 is 34.5 Å². The summed E-state index contributed by atoms with van der Waals surface area (Å²) in [7, 11) is 1.23. The summed E-state index contributed by atoms with van der Waals surface area (Å²) in [5.74, 6) is 0.0620. The fourth-order valence-corrected chi connectivity index (χ4v) is 3.76. The molecule has 0 radical (unpaired) electrons. The third-order valence-electron chi connectivity index (χ3n) is 3.94. The third kappa shape index (κ3) is 4.87. The summed E-state index contributed by atoms with van der Waals surface area (Å²) in [6.45, 7) is 1.97. The van der Waals surface area contributed by atoms with E-state index in [-0.39, 0.29) is 11.8 Å². The zero-order valence-electron chi connectivity index (χ0n) is 15.5. The molecule has 2 aromatic carbocycles. The number of benzene rings is 2. The van der Waals surface area contributed by atoms with Crippen molar-refractivity contribution < 1.29 is 19.1 Å². The number of halogens is 2. The zero-order valence-corrected chi connectivity index (χ0v) is 17.8. The highest BCUT2D eigenvalue weighted by Crippen LogP contribution is 2.30. The first kappa shape index (κ1) is 21.1. The van der Waals surface area contributed by atoms with Gasteiger partial charge in [-0.25, -0.2) is 14.7 Å². The Morgan fingerprint density at radius 2 is 1.86 bits per heavy atom. The fourth-order valence-electron chi connectivity index (χ4n) is 2.59. The van der Waals surface area contributed by atoms with Crippen molar-refractivity contribution in [2.24, 2.45) is 0 Å². The largest absolute Gasteiger partial charge is 0.486 e. The third-order valence-corrected chi connectivity index (χ3v) is 5.66. The lowest BCUT2D eigenvalue weighted by atomic mass is 10.1. The molecule has 0 aliphatic rings. The molecule has 3 aromatic rings. The number of hydrogen-bond acceptors (Lipinski definition) is 6. The van der Waals surface area contributed by atoms with Crippen LogP contribution in [0.15, 0.2) is 48.5 Å². The molecule has 2 amide bonds. The van der Waals surface area contributed by atoms with Crippen LogP contribution in [0.25, 0.3) is 0 Å². The van der Waals surface area contributed by atoms with Gasteiger partial charge in [0, 0.05) is 5.56 Å². The standard InChI is InChI=1S/C20H16Cl2N2O4S/c1-12-10-14(28-11-16-23-17(21)18(22)29-16)8-9-15(12)24(20(26)27-2)19(25)13-6-4-3-5-7-13/h3-10H,11H2,1-2H3. The topological polar surface area (TPSA) is 68.7 Å². The first-order valence-corrected chi connectivity index (χ1v) is 9.99. The molecule has 29 heavy (non-hydrogen) atoms. The van der Waals surface area contributed by atoms with E-state index in [0.29, 0.717) is 31.9 Å². The van der Waals surface area contributed by atoms with Gasteiger partial charge in [-0.15, -0.1) is 11.3 Å². The molecule has 1 heterocycles. The molecular weight excluding hydrogens is 435 g/mol. The Morgan fingerprint density at radius 1 is 1.14 bits per heavy atom. The van der Waals surface area contributed by atoms with E-state index in [1.807, 2.05) is 0 Å². The van der Waals surface area contributed by atoms with Crippen molar-refractivity contribution in [2.75, 3.05) is 12.0 Å². The number of carbonyl (C=O) groups excluding carboxylic acids is 2. The van der Waals surface area contributed by atoms with Crippen LogP contribution in [0.2, 0.25) is 9.49 Å². The summed E-state index contributed by atoms with van der Waals surface area (Å²) in [6, 6.07) is 13.5. The number of methoxy groups -OCH3 is 1. The van der Waals surface area contributed by atoms with Crippen molar-refractivity contribution in [3.63, 3.8) is 0 Å². The smallest absolute Gasteiger partial charge is 0.421 e. The van der Waals surface area contributed by atoms with Crippen LogP contribution in [0, 0.1) is 6.92 Å². The number of rotatable bonds is 5. The highest BCUT2D eigenvalue weighted by molar-refractivity contribution is 7.16. The predicted octanol–water partition coefficient (Wildman–Crippen LogP) is 5.75. The number of imide groups is 1. The lowest BCUT2D eigenvalue weighted by molar-refractivity contribution is 0.0975. The molecule has 0 saturated heterocycles. The molecular formula is C20H16Cl2N2O4S. The van der Waals surface area contributed by atoms with Crippen molar-refractivity contribution in [3.05, 3.63) is 74.2 Å². The number of nitrogens with zero attached hydrogens (tertiary/aromatic N) is 2. The van der Waals surface area contributed by atoms with Gasteiger partial charge in [-0.05, 0) is 42.8 Å². The molecule has 0 saturated carbocycles. The van der Waals surface area contributed by atoms with Gasteiger partial charge in [0.15, 0.2) is 5.15 Å². The average Bonchev–Trinajstić information content (AvgIpc) is 3.05. The van der Waals surface area contributed by atoms with Gasteiger partial charge in [-0.2, -0.15) is 0 Å². The summed E-state index contributed by atoms with van der Waals surface area (Å²) in [4.78, 5) is 30.3. The molecule has 0 fully saturated rings. The first-order valence-electron chi connectivity index (χ1n) is 8.42. The molecule has 0 aliphatic carbocycles. The number of carbonyl (C=O) groups is 2. The molecule has 0 bridgehead atoms. The summed E-state index contributed by atoms with van der Waals surface area (Å²) in [5.41, 5.74) is 1.43. The van der Waals surface area contributed by atoms with Crippen molar-refractivity contribution in [1.82, 2.24) is 4.98 Å². The van der Waals surface area contributed by atoms with Gasteiger partial charge in [-0.3, -0.25) is 4.79 Å². The van der Waals surface area contributed by atoms with Gasteiger partial charge in [0.05, 0.1) is 12.8 Å². The van der Waals surface area contributed by atoms with E-state index < -0.39 is 12.0 Å². The Bertz CT molecular complexity index is 1020. The molecule has 150 valence electrons. The second kappa shape index (κ2) is 9.26. The fraction of sp³-hybridized carbons (Fsp3) is 0.150. The number of thiazole rings is 1. The molecule has 3 rings (SSSR count). The minimum absolute atomic E-state index is 0.194. The van der Waals surface area contributed by atoms with Crippen molar-refractivity contribution in [3.8, 4) is 5.75 Å². The van der Waals surface area contributed by atoms with Gasteiger partial charge in [0.25, 0.3) is 5.91 Å². The van der Waals surface area contributed by atoms with Crippen LogP contribution in [-0.2, 0) is 11.3 Å². The molecule has 0 aliphatic heterocycles. The minimum Gasteiger partial charge on any atom is -0.486 e. The van der Waals surface area contributed by atoms with Gasteiger partial charge in [0.2, 0.25) is 0 Å². The Kier molecular flexibility index (Phi) is 6.74. The molecule has 1 aromatic heterocycles. The molecule has 0 unspecified atom stereocenters. The SMILES string of the molecule is COC(=O)N(C(=O)c1ccccc1)c1ccc(OCc2nc(Cl)c(Cl)s2)cc1C. The highest BCUT2D eigenvalue weighted by Gasteiger charge is 2.27. The van der Waals surface area contributed by atoms with E-state index in [2.05, 4.69) is 4.98 Å². The second-order valence-electron chi connectivity index (χ2n) is 5.89. The number of aromatic nitrogens is 1. The molecule has 0 atom stereocenters. The molecule has 6 nitrogen and oxygen atoms in total. The van der Waals surface area contributed by atoms with Gasteiger partial charge < -0.3 is 9.47 Å². The Hall–Kier alpha value is -2.61. The second-order valence-corrected chi connectivity index (χ2v) is 7.93. The van der Waals surface area contributed by atoms with Crippen molar-refractivity contribution in [2.45, 2.75) is 13.5 Å². The van der Waals surface area contributed by atoms with Crippen molar-refractivity contribution in [1.29, 1.82) is 0 Å². The first-order chi connectivity index (χ1) is 13.9. The van der Waals surface area contributed by atoms with Gasteiger partial charge in [0.1, 0.15) is 21.7 Å². The normalized spacial score (nSPS) is 10.5. The number of anilines is 1. The maximum Gasteiger partial charge on any atom is 0.421 e. The quantitative estimate of drug-likeness (QED) is 0.494. The average molecular weight is 451 g/mol. The highest BCUT2D eigenvalue weighted by atomic mass is 35.5. The summed E-state index contributed by atoms with van der Waals surface area (Å²) < 4.78 is 10.9. The van der Waals surface area contributed by atoms with E-state index in [4.69, 9.17) is 32.7 Å². The van der Waals surface area contributed by atoms with E-state index in [9.17, 15) is 9.59 Å². The Balaban J connectivity index is 1.83. The summed E-state index contributed by atoms with van der Waals surface area (Å²) in [6.07, 6.45) is -0.775. The van der Waals surface area contributed by atoms with Crippen molar-refractivity contribution >= 4 is 52.2 Å². The van der Waals surface area contributed by atoms with E-state index in [1.165, 1.54) is 18.4 Å². The number of ether oxygens (including phenoxy) is 2. The van der Waals surface area contributed by atoms with Crippen LogP contribution in [0.1, 0.15) is 20.9 Å². The maximum atomic E-state index is 12.9. The lowest BCUT2D eigenvalue weighted by Gasteiger charge is -2.22. The lowest BCUT2D eigenvalue weighted by Crippen LogP contribution is -2.37. The monoisotopic (exact) mass is 450 g/mol. The Labute approximate surface area is 181 Å². The van der Waals surface area contributed by atoms with Gasteiger partial charge in [-0.1, -0.05) is 41.4 Å². The van der Waals surface area contributed by atoms with E-state index >= 15 is 0 Å². The Morgan fingerprint density at radius 3 is 2.45 bits per heavy atom.